The van der Waals surface area contributed by atoms with Crippen LogP contribution < -0.4 is 5.73 Å². The molecule has 0 aliphatic heterocycles. The number of nitrogens with two attached hydrogens (primary N) is 1. The van der Waals surface area contributed by atoms with Crippen LogP contribution in [0.15, 0.2) is 30.3 Å². The van der Waals surface area contributed by atoms with Gasteiger partial charge in [0, 0.05) is 0 Å². The van der Waals surface area contributed by atoms with E-state index in [0.29, 0.717) is 6.42 Å². The molecule has 0 fully saturated rings. The topological polar surface area (TPSA) is 63.3 Å². The Kier molecular flexibility index (Phi) is 2.82. The molecule has 0 aliphatic rings. The molecular formula is C9H11NO2. The molecule has 1 aromatic carbocycles. The molecule has 0 amide bonds. The smallest absolute Gasteiger partial charge is 0.320 e. The molecule has 0 saturated heterocycles. The Labute approximate surface area is 70.8 Å². The van der Waals surface area contributed by atoms with Crippen LogP contribution in [0, 0.1) is 0 Å². The molecule has 1 rings (SSSR count). The van der Waals surface area contributed by atoms with Crippen LogP contribution in [-0.4, -0.2) is 17.1 Å². The molecule has 1 aromatic rings. The molecule has 0 saturated carbocycles. The SMILES string of the molecule is N[C@@H](Cc1ccccc1)[14C](=O)O. The summed E-state index contributed by atoms with van der Waals surface area (Å²) in [5, 5.41) is 8.52. The van der Waals surface area contributed by atoms with Crippen molar-refractivity contribution in [3.8, 4) is 0 Å². The Hall–Kier alpha value is -1.35. The van der Waals surface area contributed by atoms with E-state index in [1.807, 2.05) is 30.3 Å². The van der Waals surface area contributed by atoms with E-state index in [9.17, 15) is 4.79 Å². The molecule has 0 bridgehead atoms. The van der Waals surface area contributed by atoms with Crippen molar-refractivity contribution in [2.75, 3.05) is 0 Å². The van der Waals surface area contributed by atoms with Gasteiger partial charge in [-0.05, 0) is 12.0 Å². The number of carboxylic acid groups (broad SMARTS) is 1. The second kappa shape index (κ2) is 3.88. The van der Waals surface area contributed by atoms with Crippen LogP contribution in [0.3, 0.4) is 0 Å². The van der Waals surface area contributed by atoms with Gasteiger partial charge in [0.25, 0.3) is 0 Å². The predicted octanol–water partition coefficient (Wildman–Crippen LogP) is 0.641. The van der Waals surface area contributed by atoms with Crippen LogP contribution in [0.4, 0.5) is 0 Å². The molecule has 0 aromatic heterocycles. The Morgan fingerprint density at radius 2 is 2.00 bits per heavy atom. The van der Waals surface area contributed by atoms with Crippen LogP contribution in [0.1, 0.15) is 5.56 Å². The lowest BCUT2D eigenvalue weighted by molar-refractivity contribution is -0.138. The summed E-state index contributed by atoms with van der Waals surface area (Å²) >= 11 is 0. The third kappa shape index (κ3) is 2.36. The minimum atomic E-state index is -0.959. The van der Waals surface area contributed by atoms with E-state index in [2.05, 4.69) is 0 Å². The van der Waals surface area contributed by atoms with Gasteiger partial charge in [-0.1, -0.05) is 30.3 Å². The second-order valence-corrected chi connectivity index (χ2v) is 2.63. The van der Waals surface area contributed by atoms with Gasteiger partial charge in [-0.15, -0.1) is 0 Å². The highest BCUT2D eigenvalue weighted by atomic mass is 16.6. The van der Waals surface area contributed by atoms with Gasteiger partial charge in [0.15, 0.2) is 0 Å². The van der Waals surface area contributed by atoms with Crippen molar-refractivity contribution in [2.45, 2.75) is 12.5 Å². The molecule has 0 heterocycles. The van der Waals surface area contributed by atoms with Crippen molar-refractivity contribution in [2.24, 2.45) is 5.73 Å². The maximum atomic E-state index is 10.4. The highest BCUT2D eigenvalue weighted by molar-refractivity contribution is 5.73. The quantitative estimate of drug-likeness (QED) is 0.694. The normalized spacial score (nSPS) is 12.4. The first-order valence-electron chi connectivity index (χ1n) is 3.72. The van der Waals surface area contributed by atoms with Gasteiger partial charge in [-0.3, -0.25) is 4.79 Å². The van der Waals surface area contributed by atoms with Gasteiger partial charge in [0.1, 0.15) is 6.04 Å². The van der Waals surface area contributed by atoms with Crippen molar-refractivity contribution >= 4 is 5.97 Å². The maximum absolute atomic E-state index is 10.4. The van der Waals surface area contributed by atoms with E-state index in [-0.39, 0.29) is 0 Å². The van der Waals surface area contributed by atoms with Crippen molar-refractivity contribution in [3.05, 3.63) is 35.9 Å². The third-order valence-electron chi connectivity index (χ3n) is 1.62. The number of rotatable bonds is 3. The zero-order valence-electron chi connectivity index (χ0n) is 6.60. The van der Waals surface area contributed by atoms with E-state index in [4.69, 9.17) is 10.8 Å². The van der Waals surface area contributed by atoms with E-state index in [1.54, 1.807) is 0 Å². The summed E-state index contributed by atoms with van der Waals surface area (Å²) in [6, 6.07) is 8.54. The number of benzene rings is 1. The van der Waals surface area contributed by atoms with E-state index in [1.165, 1.54) is 0 Å². The Morgan fingerprint density at radius 1 is 1.42 bits per heavy atom. The Balaban J connectivity index is 2.58. The number of hydrogen-bond donors (Lipinski definition) is 2. The van der Waals surface area contributed by atoms with Crippen LogP contribution in [-0.2, 0) is 11.2 Å². The zero-order valence-corrected chi connectivity index (χ0v) is 6.60. The fourth-order valence-corrected chi connectivity index (χ4v) is 0.955. The van der Waals surface area contributed by atoms with Gasteiger partial charge in [0.2, 0.25) is 0 Å². The largest absolute Gasteiger partial charge is 0.480 e. The van der Waals surface area contributed by atoms with Crippen molar-refractivity contribution in [1.29, 1.82) is 0 Å². The maximum Gasteiger partial charge on any atom is 0.320 e. The molecule has 0 aliphatic carbocycles. The Bertz CT molecular complexity index is 258. The van der Waals surface area contributed by atoms with Crippen LogP contribution >= 0.6 is 0 Å². The molecule has 12 heavy (non-hydrogen) atoms. The van der Waals surface area contributed by atoms with E-state index in [0.717, 1.165) is 5.56 Å². The summed E-state index contributed by atoms with van der Waals surface area (Å²) in [5.41, 5.74) is 6.30. The first kappa shape index (κ1) is 8.74. The van der Waals surface area contributed by atoms with Crippen molar-refractivity contribution in [3.63, 3.8) is 0 Å². The monoisotopic (exact) mass is 167 g/mol. The lowest BCUT2D eigenvalue weighted by Gasteiger charge is -2.04. The van der Waals surface area contributed by atoms with Crippen molar-refractivity contribution in [1.82, 2.24) is 0 Å². The third-order valence-corrected chi connectivity index (χ3v) is 1.62. The number of aliphatic carboxylic acids is 1. The van der Waals surface area contributed by atoms with Gasteiger partial charge in [0.05, 0.1) is 0 Å². The second-order valence-electron chi connectivity index (χ2n) is 2.63. The minimum Gasteiger partial charge on any atom is -0.480 e. The van der Waals surface area contributed by atoms with Gasteiger partial charge < -0.3 is 10.8 Å². The number of carbonyl (C=O) groups is 1. The summed E-state index contributed by atoms with van der Waals surface area (Å²) in [4.78, 5) is 10.4. The van der Waals surface area contributed by atoms with Gasteiger partial charge in [-0.2, -0.15) is 0 Å². The summed E-state index contributed by atoms with van der Waals surface area (Å²) in [5.74, 6) is -0.959. The highest BCUT2D eigenvalue weighted by Crippen LogP contribution is 2.01. The van der Waals surface area contributed by atoms with Crippen LogP contribution in [0.5, 0.6) is 0 Å². The number of carboxylic acids is 1. The fourth-order valence-electron chi connectivity index (χ4n) is 0.955. The highest BCUT2D eigenvalue weighted by Gasteiger charge is 2.10. The summed E-state index contributed by atoms with van der Waals surface area (Å²) in [6.07, 6.45) is 0.385. The minimum absolute atomic E-state index is 0.385. The fraction of sp³-hybridized carbons (Fsp3) is 0.222. The summed E-state index contributed by atoms with van der Waals surface area (Å²) in [7, 11) is 0. The molecule has 1 atom stereocenters. The van der Waals surface area contributed by atoms with E-state index >= 15 is 0 Å². The molecule has 3 N–H and O–H groups in total. The Morgan fingerprint density at radius 3 is 2.50 bits per heavy atom. The molecule has 0 radical (unpaired) electrons. The van der Waals surface area contributed by atoms with Crippen LogP contribution in [0.2, 0.25) is 0 Å². The predicted molar refractivity (Wildman–Crippen MR) is 45.8 cm³/mol. The molecule has 3 nitrogen and oxygen atoms in total. The zero-order chi connectivity index (χ0) is 8.97. The molecular weight excluding hydrogens is 156 g/mol. The number of hydrogen-bond acceptors (Lipinski definition) is 2. The average molecular weight is 167 g/mol. The van der Waals surface area contributed by atoms with Crippen LogP contribution in [0.25, 0.3) is 0 Å². The lowest BCUT2D eigenvalue weighted by Crippen LogP contribution is -2.32. The first-order valence-corrected chi connectivity index (χ1v) is 3.72. The molecule has 3 heteroatoms. The first-order chi connectivity index (χ1) is 5.70. The summed E-state index contributed by atoms with van der Waals surface area (Å²) < 4.78 is 0. The van der Waals surface area contributed by atoms with Gasteiger partial charge in [-0.25, -0.2) is 0 Å². The molecule has 64 valence electrons. The van der Waals surface area contributed by atoms with Crippen molar-refractivity contribution < 1.29 is 9.90 Å². The summed E-state index contributed by atoms with van der Waals surface area (Å²) in [6.45, 7) is 0. The standard InChI is InChI=1S/C9H11NO2/c10-8(9(11)12)6-7-4-2-1-3-5-7/h1-5,8H,6,10H2,(H,11,12)/t8-/m0/s1/i9+2. The average Bonchev–Trinajstić information content (AvgIpc) is 2.06. The van der Waals surface area contributed by atoms with Gasteiger partial charge >= 0.3 is 5.97 Å². The van der Waals surface area contributed by atoms with E-state index < -0.39 is 12.0 Å². The lowest BCUT2D eigenvalue weighted by atomic mass is 10.1. The molecule has 0 spiro atoms. The molecule has 0 unspecified atom stereocenters.